The van der Waals surface area contributed by atoms with E-state index < -0.39 is 0 Å². The lowest BCUT2D eigenvalue weighted by atomic mass is 10.3. The maximum atomic E-state index is 5.18. The van der Waals surface area contributed by atoms with Crippen molar-refractivity contribution in [2.75, 3.05) is 32.7 Å². The summed E-state index contributed by atoms with van der Waals surface area (Å²) in [5.41, 5.74) is 0. The van der Waals surface area contributed by atoms with Gasteiger partial charge in [0.2, 0.25) is 0 Å². The van der Waals surface area contributed by atoms with Crippen LogP contribution in [0.3, 0.4) is 0 Å². The Morgan fingerprint density at radius 3 is 2.25 bits per heavy atom. The highest BCUT2D eigenvalue weighted by Crippen LogP contribution is 1.89. The van der Waals surface area contributed by atoms with Crippen molar-refractivity contribution in [3.63, 3.8) is 0 Å². The third-order valence-electron chi connectivity index (χ3n) is 2.52. The molecule has 0 heterocycles. The molecule has 0 aromatic carbocycles. The van der Waals surface area contributed by atoms with E-state index in [9.17, 15) is 0 Å². The fourth-order valence-electron chi connectivity index (χ4n) is 1.51. The Kier molecular flexibility index (Phi) is 10.9. The number of nitrogens with zero attached hydrogens (tertiary/aromatic N) is 1. The van der Waals surface area contributed by atoms with Gasteiger partial charge in [-0.1, -0.05) is 27.2 Å². The average molecular weight is 245 g/mol. The van der Waals surface area contributed by atoms with Crippen molar-refractivity contribution in [2.24, 2.45) is 0 Å². The van der Waals surface area contributed by atoms with Crippen LogP contribution in [-0.2, 0) is 0 Å². The molecule has 0 aromatic heterocycles. The lowest BCUT2D eigenvalue weighted by Gasteiger charge is -2.20. The van der Waals surface area contributed by atoms with Gasteiger partial charge in [-0.3, -0.25) is 0 Å². The van der Waals surface area contributed by atoms with Gasteiger partial charge in [-0.15, -0.1) is 0 Å². The highest BCUT2D eigenvalue weighted by atomic mass is 32.1. The van der Waals surface area contributed by atoms with E-state index in [0.29, 0.717) is 0 Å². The molecule has 0 aliphatic rings. The normalized spacial score (nSPS) is 10.5. The summed E-state index contributed by atoms with van der Waals surface area (Å²) >= 11 is 5.18. The van der Waals surface area contributed by atoms with Crippen molar-refractivity contribution < 1.29 is 0 Å². The Labute approximate surface area is 106 Å². The molecule has 0 aliphatic heterocycles. The molecule has 96 valence electrons. The Morgan fingerprint density at radius 1 is 1.00 bits per heavy atom. The second-order valence-corrected chi connectivity index (χ2v) is 4.38. The first-order valence-corrected chi connectivity index (χ1v) is 6.89. The van der Waals surface area contributed by atoms with Crippen molar-refractivity contribution in [2.45, 2.75) is 40.0 Å². The van der Waals surface area contributed by atoms with Crippen LogP contribution in [-0.4, -0.2) is 42.7 Å². The van der Waals surface area contributed by atoms with E-state index in [2.05, 4.69) is 36.3 Å². The zero-order valence-corrected chi connectivity index (χ0v) is 11.8. The summed E-state index contributed by atoms with van der Waals surface area (Å²) in [5, 5.41) is 7.25. The van der Waals surface area contributed by atoms with E-state index in [4.69, 9.17) is 12.2 Å². The average Bonchev–Trinajstić information content (AvgIpc) is 2.28. The van der Waals surface area contributed by atoms with Crippen LogP contribution in [0.15, 0.2) is 0 Å². The summed E-state index contributed by atoms with van der Waals surface area (Å²) in [5.74, 6) is 0. The van der Waals surface area contributed by atoms with Crippen LogP contribution in [0.25, 0.3) is 0 Å². The van der Waals surface area contributed by atoms with Gasteiger partial charge in [-0.05, 0) is 38.1 Å². The molecule has 0 saturated carbocycles. The standard InChI is InChI=1S/C12H27N3S/c1-4-7-8-13-12(16)14-9-11-15(6-3)10-5-2/h4-11H2,1-3H3,(H2,13,14,16). The van der Waals surface area contributed by atoms with Gasteiger partial charge in [0.25, 0.3) is 0 Å². The van der Waals surface area contributed by atoms with Crippen molar-refractivity contribution in [3.8, 4) is 0 Å². The topological polar surface area (TPSA) is 27.3 Å². The number of unbranched alkanes of at least 4 members (excludes halogenated alkanes) is 1. The van der Waals surface area contributed by atoms with Gasteiger partial charge in [0.1, 0.15) is 0 Å². The largest absolute Gasteiger partial charge is 0.363 e. The second-order valence-electron chi connectivity index (χ2n) is 3.97. The molecule has 0 amide bonds. The zero-order valence-electron chi connectivity index (χ0n) is 11.0. The van der Waals surface area contributed by atoms with Gasteiger partial charge in [-0.2, -0.15) is 0 Å². The number of nitrogens with one attached hydrogen (secondary N) is 2. The quantitative estimate of drug-likeness (QED) is 0.480. The minimum atomic E-state index is 0.793. The summed E-state index contributed by atoms with van der Waals surface area (Å²) < 4.78 is 0. The maximum Gasteiger partial charge on any atom is 0.166 e. The lowest BCUT2D eigenvalue weighted by Crippen LogP contribution is -2.40. The van der Waals surface area contributed by atoms with Crippen LogP contribution in [0.2, 0.25) is 0 Å². The molecule has 3 nitrogen and oxygen atoms in total. The van der Waals surface area contributed by atoms with Crippen LogP contribution in [0.5, 0.6) is 0 Å². The SMILES string of the molecule is CCCCNC(=S)NCCN(CC)CCC. The second kappa shape index (κ2) is 11.1. The van der Waals surface area contributed by atoms with Gasteiger partial charge >= 0.3 is 0 Å². The summed E-state index contributed by atoms with van der Waals surface area (Å²) in [6.07, 6.45) is 3.60. The number of likely N-dealkylation sites (N-methyl/N-ethyl adjacent to an activating group) is 1. The van der Waals surface area contributed by atoms with E-state index in [1.54, 1.807) is 0 Å². The Bertz CT molecular complexity index is 174. The molecule has 0 unspecified atom stereocenters. The molecule has 0 radical (unpaired) electrons. The zero-order chi connectivity index (χ0) is 12.2. The monoisotopic (exact) mass is 245 g/mol. The molecule has 0 aliphatic carbocycles. The highest BCUT2D eigenvalue weighted by molar-refractivity contribution is 7.80. The molecule has 16 heavy (non-hydrogen) atoms. The molecular formula is C12H27N3S. The molecular weight excluding hydrogens is 218 g/mol. The Morgan fingerprint density at radius 2 is 1.69 bits per heavy atom. The first-order chi connectivity index (χ1) is 7.74. The number of hydrogen-bond donors (Lipinski definition) is 2. The smallest absolute Gasteiger partial charge is 0.166 e. The predicted molar refractivity (Wildman–Crippen MR) is 75.9 cm³/mol. The van der Waals surface area contributed by atoms with Gasteiger partial charge in [0.15, 0.2) is 5.11 Å². The van der Waals surface area contributed by atoms with Gasteiger partial charge in [-0.25, -0.2) is 0 Å². The molecule has 0 bridgehead atoms. The first-order valence-electron chi connectivity index (χ1n) is 6.48. The molecule has 0 atom stereocenters. The van der Waals surface area contributed by atoms with E-state index in [1.807, 2.05) is 0 Å². The Hall–Kier alpha value is -0.350. The number of rotatable bonds is 9. The molecule has 0 saturated heterocycles. The lowest BCUT2D eigenvalue weighted by molar-refractivity contribution is 0.293. The van der Waals surface area contributed by atoms with Crippen molar-refractivity contribution in [3.05, 3.63) is 0 Å². The van der Waals surface area contributed by atoms with Gasteiger partial charge in [0.05, 0.1) is 0 Å². The van der Waals surface area contributed by atoms with E-state index in [0.717, 1.165) is 31.3 Å². The minimum absolute atomic E-state index is 0.793. The summed E-state index contributed by atoms with van der Waals surface area (Å²) in [6.45, 7) is 11.9. The molecule has 0 spiro atoms. The van der Waals surface area contributed by atoms with Crippen LogP contribution in [0.1, 0.15) is 40.0 Å². The van der Waals surface area contributed by atoms with Crippen molar-refractivity contribution >= 4 is 17.3 Å². The van der Waals surface area contributed by atoms with Crippen LogP contribution in [0, 0.1) is 0 Å². The fourth-order valence-corrected chi connectivity index (χ4v) is 1.72. The van der Waals surface area contributed by atoms with Crippen LogP contribution in [0.4, 0.5) is 0 Å². The van der Waals surface area contributed by atoms with Crippen molar-refractivity contribution in [1.29, 1.82) is 0 Å². The molecule has 4 heteroatoms. The van der Waals surface area contributed by atoms with Gasteiger partial charge in [0, 0.05) is 19.6 Å². The first kappa shape index (κ1) is 15.7. The van der Waals surface area contributed by atoms with Crippen LogP contribution >= 0.6 is 12.2 Å². The molecule has 0 aromatic rings. The van der Waals surface area contributed by atoms with E-state index in [-0.39, 0.29) is 0 Å². The van der Waals surface area contributed by atoms with Crippen LogP contribution < -0.4 is 10.6 Å². The molecule has 2 N–H and O–H groups in total. The Balaban J connectivity index is 3.44. The van der Waals surface area contributed by atoms with Gasteiger partial charge < -0.3 is 15.5 Å². The van der Waals surface area contributed by atoms with Crippen molar-refractivity contribution in [1.82, 2.24) is 15.5 Å². The third-order valence-corrected chi connectivity index (χ3v) is 2.81. The number of thiocarbonyl (C=S) groups is 1. The minimum Gasteiger partial charge on any atom is -0.363 e. The third kappa shape index (κ3) is 8.92. The summed E-state index contributed by atoms with van der Waals surface area (Å²) in [4.78, 5) is 2.43. The van der Waals surface area contributed by atoms with E-state index in [1.165, 1.54) is 25.8 Å². The summed E-state index contributed by atoms with van der Waals surface area (Å²) in [7, 11) is 0. The number of hydrogen-bond acceptors (Lipinski definition) is 2. The van der Waals surface area contributed by atoms with E-state index >= 15 is 0 Å². The summed E-state index contributed by atoms with van der Waals surface area (Å²) in [6, 6.07) is 0. The molecule has 0 rings (SSSR count). The predicted octanol–water partition coefficient (Wildman–Crippen LogP) is 1.98. The molecule has 0 fully saturated rings. The highest BCUT2D eigenvalue weighted by Gasteiger charge is 2.00. The maximum absolute atomic E-state index is 5.18. The fraction of sp³-hybridized carbons (Fsp3) is 0.917.